The van der Waals surface area contributed by atoms with Crippen molar-refractivity contribution in [1.29, 1.82) is 0 Å². The Morgan fingerprint density at radius 3 is 2.67 bits per heavy atom. The summed E-state index contributed by atoms with van der Waals surface area (Å²) in [7, 11) is -2.03. The van der Waals surface area contributed by atoms with E-state index in [0.717, 1.165) is 17.3 Å². The Bertz CT molecular complexity index is 728. The first-order valence-electron chi connectivity index (χ1n) is 6.35. The topological polar surface area (TPSA) is 86.9 Å². The van der Waals surface area contributed by atoms with Crippen LogP contribution in [0.1, 0.15) is 16.8 Å². The summed E-state index contributed by atoms with van der Waals surface area (Å²) in [4.78, 5) is 0.0373. The highest BCUT2D eigenvalue weighted by Crippen LogP contribution is 2.15. The number of benzene rings is 1. The minimum absolute atomic E-state index is 0.0373. The molecule has 0 atom stereocenters. The zero-order valence-electron chi connectivity index (χ0n) is 11.8. The number of nitrogens with zero attached hydrogens (tertiary/aromatic N) is 1. The van der Waals surface area contributed by atoms with Gasteiger partial charge < -0.3 is 5.32 Å². The molecule has 0 aliphatic carbocycles. The van der Waals surface area contributed by atoms with Gasteiger partial charge in [0.15, 0.2) is 0 Å². The molecule has 0 unspecified atom stereocenters. The van der Waals surface area contributed by atoms with E-state index in [2.05, 4.69) is 20.2 Å². The summed E-state index contributed by atoms with van der Waals surface area (Å²) in [5.74, 6) is -0.436. The highest BCUT2D eigenvalue weighted by Gasteiger charge is 2.16. The minimum Gasteiger partial charge on any atom is -0.316 e. The van der Waals surface area contributed by atoms with E-state index in [-0.39, 0.29) is 18.0 Å². The second-order valence-corrected chi connectivity index (χ2v) is 6.40. The average Bonchev–Trinajstić information content (AvgIpc) is 2.85. The number of halogens is 1. The summed E-state index contributed by atoms with van der Waals surface area (Å²) in [5, 5.41) is 9.36. The number of H-pyrrole nitrogens is 1. The van der Waals surface area contributed by atoms with Crippen molar-refractivity contribution in [1.82, 2.24) is 20.2 Å². The highest BCUT2D eigenvalue weighted by molar-refractivity contribution is 7.89. The minimum atomic E-state index is -3.70. The van der Waals surface area contributed by atoms with E-state index in [0.29, 0.717) is 5.56 Å². The summed E-state index contributed by atoms with van der Waals surface area (Å²) in [5.41, 5.74) is 1.86. The van der Waals surface area contributed by atoms with Crippen LogP contribution < -0.4 is 10.0 Å². The summed E-state index contributed by atoms with van der Waals surface area (Å²) >= 11 is 0. The fourth-order valence-corrected chi connectivity index (χ4v) is 2.91. The van der Waals surface area contributed by atoms with E-state index in [9.17, 15) is 12.8 Å². The molecule has 0 amide bonds. The average molecular weight is 312 g/mol. The first kappa shape index (κ1) is 15.6. The molecule has 1 heterocycles. The zero-order chi connectivity index (χ0) is 15.5. The predicted octanol–water partition coefficient (Wildman–Crippen LogP) is 1.06. The number of nitrogens with one attached hydrogen (secondary N) is 3. The van der Waals surface area contributed by atoms with Gasteiger partial charge in [0, 0.05) is 29.9 Å². The molecule has 114 valence electrons. The van der Waals surface area contributed by atoms with Crippen LogP contribution in [-0.2, 0) is 23.1 Å². The number of hydrogen-bond donors (Lipinski definition) is 3. The van der Waals surface area contributed by atoms with Crippen LogP contribution >= 0.6 is 0 Å². The maximum Gasteiger partial charge on any atom is 0.240 e. The quantitative estimate of drug-likeness (QED) is 0.744. The summed E-state index contributed by atoms with van der Waals surface area (Å²) in [6, 6.07) is 3.74. The second-order valence-electron chi connectivity index (χ2n) is 4.63. The Hall–Kier alpha value is -1.77. The van der Waals surface area contributed by atoms with Gasteiger partial charge in [0.2, 0.25) is 10.0 Å². The Morgan fingerprint density at radius 2 is 2.05 bits per heavy atom. The van der Waals surface area contributed by atoms with Gasteiger partial charge in [0.1, 0.15) is 5.82 Å². The van der Waals surface area contributed by atoms with E-state index in [1.165, 1.54) is 12.1 Å². The van der Waals surface area contributed by atoms with E-state index in [4.69, 9.17) is 0 Å². The lowest BCUT2D eigenvalue weighted by Gasteiger charge is -2.09. The molecular formula is C13H17FN4O2S. The molecule has 1 aromatic heterocycles. The molecule has 0 bridgehead atoms. The molecule has 0 radical (unpaired) electrons. The third-order valence-electron chi connectivity index (χ3n) is 3.08. The van der Waals surface area contributed by atoms with Crippen LogP contribution in [0.2, 0.25) is 0 Å². The SMILES string of the molecule is CNCc1cc(S(=O)(=O)NCc2cn[nH]c2C)ccc1F. The van der Waals surface area contributed by atoms with Crippen molar-refractivity contribution < 1.29 is 12.8 Å². The van der Waals surface area contributed by atoms with E-state index in [1.54, 1.807) is 20.2 Å². The van der Waals surface area contributed by atoms with Gasteiger partial charge in [0.05, 0.1) is 11.1 Å². The maximum atomic E-state index is 13.5. The van der Waals surface area contributed by atoms with E-state index < -0.39 is 15.8 Å². The molecule has 3 N–H and O–H groups in total. The molecule has 2 aromatic rings. The van der Waals surface area contributed by atoms with Gasteiger partial charge in [-0.2, -0.15) is 5.10 Å². The van der Waals surface area contributed by atoms with Gasteiger partial charge in [-0.05, 0) is 32.2 Å². The van der Waals surface area contributed by atoms with Crippen molar-refractivity contribution in [2.45, 2.75) is 24.9 Å². The van der Waals surface area contributed by atoms with Gasteiger partial charge in [-0.3, -0.25) is 5.10 Å². The molecule has 8 heteroatoms. The van der Waals surface area contributed by atoms with Crippen molar-refractivity contribution in [3.05, 3.63) is 47.0 Å². The van der Waals surface area contributed by atoms with Gasteiger partial charge >= 0.3 is 0 Å². The molecule has 6 nitrogen and oxygen atoms in total. The van der Waals surface area contributed by atoms with Crippen molar-refractivity contribution >= 4 is 10.0 Å². The van der Waals surface area contributed by atoms with Crippen molar-refractivity contribution in [3.8, 4) is 0 Å². The number of hydrogen-bond acceptors (Lipinski definition) is 4. The van der Waals surface area contributed by atoms with Crippen LogP contribution in [0.4, 0.5) is 4.39 Å². The molecule has 0 spiro atoms. The summed E-state index contributed by atoms with van der Waals surface area (Å²) in [6.07, 6.45) is 1.56. The Balaban J connectivity index is 2.19. The number of rotatable bonds is 6. The third kappa shape index (κ3) is 3.66. The second kappa shape index (κ2) is 6.33. The third-order valence-corrected chi connectivity index (χ3v) is 4.48. The number of sulfonamides is 1. The molecular weight excluding hydrogens is 295 g/mol. The number of aromatic nitrogens is 2. The van der Waals surface area contributed by atoms with Crippen molar-refractivity contribution in [2.75, 3.05) is 7.05 Å². The Labute approximate surface area is 122 Å². The molecule has 0 aliphatic heterocycles. The highest BCUT2D eigenvalue weighted by atomic mass is 32.2. The molecule has 0 saturated carbocycles. The van der Waals surface area contributed by atoms with Crippen molar-refractivity contribution in [2.24, 2.45) is 0 Å². The Kier molecular flexibility index (Phi) is 4.71. The summed E-state index contributed by atoms with van der Waals surface area (Å²) < 4.78 is 40.5. The largest absolute Gasteiger partial charge is 0.316 e. The van der Waals surface area contributed by atoms with Crippen LogP contribution in [0.5, 0.6) is 0 Å². The van der Waals surface area contributed by atoms with Gasteiger partial charge in [-0.15, -0.1) is 0 Å². The van der Waals surface area contributed by atoms with Gasteiger partial charge in [-0.1, -0.05) is 0 Å². The lowest BCUT2D eigenvalue weighted by atomic mass is 10.2. The maximum absolute atomic E-state index is 13.5. The smallest absolute Gasteiger partial charge is 0.240 e. The molecule has 0 aliphatic rings. The van der Waals surface area contributed by atoms with Crippen LogP contribution in [0.3, 0.4) is 0 Å². The number of aryl methyl sites for hydroxylation is 1. The standard InChI is InChI=1S/C13H17FN4O2S/c1-9-11(7-16-18-9)8-17-21(19,20)12-3-4-13(14)10(5-12)6-15-2/h3-5,7,15,17H,6,8H2,1-2H3,(H,16,18). The fourth-order valence-electron chi connectivity index (χ4n) is 1.85. The fraction of sp³-hybridized carbons (Fsp3) is 0.308. The molecule has 2 rings (SSSR count). The number of aromatic amines is 1. The van der Waals surface area contributed by atoms with E-state index in [1.807, 2.05) is 0 Å². The van der Waals surface area contributed by atoms with Crippen LogP contribution in [-0.4, -0.2) is 25.7 Å². The zero-order valence-corrected chi connectivity index (χ0v) is 12.6. The van der Waals surface area contributed by atoms with Gasteiger partial charge in [0.25, 0.3) is 0 Å². The monoisotopic (exact) mass is 312 g/mol. The lowest BCUT2D eigenvalue weighted by Crippen LogP contribution is -2.23. The van der Waals surface area contributed by atoms with Gasteiger partial charge in [-0.25, -0.2) is 17.5 Å². The summed E-state index contributed by atoms with van der Waals surface area (Å²) in [6.45, 7) is 2.19. The molecule has 0 saturated heterocycles. The molecule has 1 aromatic carbocycles. The van der Waals surface area contributed by atoms with Crippen LogP contribution in [0.15, 0.2) is 29.3 Å². The predicted molar refractivity (Wildman–Crippen MR) is 76.5 cm³/mol. The van der Waals surface area contributed by atoms with E-state index >= 15 is 0 Å². The molecule has 21 heavy (non-hydrogen) atoms. The first-order valence-corrected chi connectivity index (χ1v) is 7.84. The normalized spacial score (nSPS) is 11.8. The van der Waals surface area contributed by atoms with Crippen LogP contribution in [0, 0.1) is 12.7 Å². The molecule has 0 fully saturated rings. The first-order chi connectivity index (χ1) is 9.94. The van der Waals surface area contributed by atoms with Crippen molar-refractivity contribution in [3.63, 3.8) is 0 Å². The Morgan fingerprint density at radius 1 is 1.29 bits per heavy atom. The lowest BCUT2D eigenvalue weighted by molar-refractivity contribution is 0.577. The van der Waals surface area contributed by atoms with Crippen LogP contribution in [0.25, 0.3) is 0 Å².